The Morgan fingerprint density at radius 3 is 2.87 bits per heavy atom. The van der Waals surface area contributed by atoms with E-state index in [0.717, 1.165) is 10.7 Å². The third-order valence-electron chi connectivity index (χ3n) is 3.92. The predicted octanol–water partition coefficient (Wildman–Crippen LogP) is 3.37. The van der Waals surface area contributed by atoms with Crippen LogP contribution < -0.4 is 5.32 Å². The first-order valence-corrected chi connectivity index (χ1v) is 8.82. The first kappa shape index (κ1) is 17.4. The Balaban J connectivity index is 2.08. The van der Waals surface area contributed by atoms with Gasteiger partial charge < -0.3 is 5.32 Å². The second kappa shape index (κ2) is 7.57. The Kier molecular flexibility index (Phi) is 5.74. The van der Waals surface area contributed by atoms with Crippen molar-refractivity contribution in [3.63, 3.8) is 0 Å². The third-order valence-corrected chi connectivity index (χ3v) is 5.10. The number of nitrogens with zero attached hydrogens (tertiary/aromatic N) is 2. The Morgan fingerprint density at radius 1 is 1.57 bits per heavy atom. The maximum absolute atomic E-state index is 12.3. The van der Waals surface area contributed by atoms with Crippen molar-refractivity contribution in [2.75, 3.05) is 0 Å². The molecule has 0 saturated carbocycles. The molecule has 23 heavy (non-hydrogen) atoms. The lowest BCUT2D eigenvalue weighted by Crippen LogP contribution is -2.46. The fraction of sp³-hybridized carbons (Fsp3) is 0.438. The summed E-state index contributed by atoms with van der Waals surface area (Å²) in [5.41, 5.74) is -0.564. The molecule has 0 bridgehead atoms. The van der Waals surface area contributed by atoms with Crippen molar-refractivity contribution in [2.24, 2.45) is 0 Å². The molecule has 2 heterocycles. The molecular formula is C16H20N4OS2. The van der Waals surface area contributed by atoms with Crippen LogP contribution in [0, 0.1) is 17.1 Å². The van der Waals surface area contributed by atoms with Crippen LogP contribution in [0.1, 0.15) is 33.1 Å². The van der Waals surface area contributed by atoms with Gasteiger partial charge in [-0.25, -0.2) is 0 Å². The highest BCUT2D eigenvalue weighted by molar-refractivity contribution is 7.71. The van der Waals surface area contributed by atoms with E-state index in [2.05, 4.69) is 21.4 Å². The van der Waals surface area contributed by atoms with Crippen LogP contribution in [0.15, 0.2) is 17.5 Å². The maximum atomic E-state index is 12.3. The summed E-state index contributed by atoms with van der Waals surface area (Å²) in [5.74, 6) is 3.39. The Hall–Kier alpha value is -1.91. The van der Waals surface area contributed by atoms with E-state index in [1.54, 1.807) is 11.3 Å². The molecule has 2 aromatic heterocycles. The monoisotopic (exact) mass is 348 g/mol. The minimum atomic E-state index is -0.564. The predicted molar refractivity (Wildman–Crippen MR) is 95.6 cm³/mol. The fourth-order valence-corrected chi connectivity index (χ4v) is 3.27. The summed E-state index contributed by atoms with van der Waals surface area (Å²) in [6, 6.07) is 3.93. The Bertz CT molecular complexity index is 748. The van der Waals surface area contributed by atoms with Crippen LogP contribution >= 0.6 is 23.6 Å². The zero-order chi connectivity index (χ0) is 16.9. The molecular weight excluding hydrogens is 328 g/mol. The van der Waals surface area contributed by atoms with Gasteiger partial charge in [-0.15, -0.1) is 17.8 Å². The van der Waals surface area contributed by atoms with Gasteiger partial charge in [0.15, 0.2) is 10.6 Å². The second-order valence-corrected chi connectivity index (χ2v) is 6.55. The van der Waals surface area contributed by atoms with Crippen molar-refractivity contribution in [1.82, 2.24) is 20.1 Å². The standard InChI is InChI=1S/C16H20N4OS2/c1-4-16(5-2,6-3)17-13(21)9-10-20-14(18-19-15(20)22)12-8-7-11-23-12/h1,7-8,11H,5-6,9-10H2,2-3H3,(H,17,21)(H,19,22). The number of amides is 1. The molecule has 0 saturated heterocycles. The molecule has 0 aliphatic heterocycles. The third kappa shape index (κ3) is 3.89. The minimum Gasteiger partial charge on any atom is -0.340 e. The van der Waals surface area contributed by atoms with E-state index in [1.165, 1.54) is 0 Å². The van der Waals surface area contributed by atoms with Crippen molar-refractivity contribution in [3.8, 4) is 23.0 Å². The summed E-state index contributed by atoms with van der Waals surface area (Å²) in [5, 5.41) is 12.0. The fourth-order valence-electron chi connectivity index (χ4n) is 2.33. The Morgan fingerprint density at radius 2 is 2.30 bits per heavy atom. The highest BCUT2D eigenvalue weighted by Crippen LogP contribution is 2.23. The molecule has 1 amide bonds. The summed E-state index contributed by atoms with van der Waals surface area (Å²) in [7, 11) is 0. The van der Waals surface area contributed by atoms with Crippen LogP contribution in [0.4, 0.5) is 0 Å². The van der Waals surface area contributed by atoms with Crippen LogP contribution in [-0.2, 0) is 11.3 Å². The largest absolute Gasteiger partial charge is 0.340 e. The van der Waals surface area contributed by atoms with Gasteiger partial charge in [-0.3, -0.25) is 14.5 Å². The average Bonchev–Trinajstić information content (AvgIpc) is 3.20. The summed E-state index contributed by atoms with van der Waals surface area (Å²) >= 11 is 6.84. The average molecular weight is 348 g/mol. The molecule has 0 aliphatic carbocycles. The van der Waals surface area contributed by atoms with Gasteiger partial charge >= 0.3 is 0 Å². The van der Waals surface area contributed by atoms with Gasteiger partial charge in [0.2, 0.25) is 5.91 Å². The molecule has 2 N–H and O–H groups in total. The molecule has 0 radical (unpaired) electrons. The molecule has 2 aromatic rings. The van der Waals surface area contributed by atoms with E-state index in [-0.39, 0.29) is 5.91 Å². The lowest BCUT2D eigenvalue weighted by molar-refractivity contribution is -0.122. The van der Waals surface area contributed by atoms with E-state index in [9.17, 15) is 4.79 Å². The SMILES string of the molecule is C#CC(CC)(CC)NC(=O)CCn1c(-c2cccs2)n[nH]c1=S. The van der Waals surface area contributed by atoms with Crippen LogP contribution in [-0.4, -0.2) is 26.2 Å². The Labute approximate surface area is 145 Å². The van der Waals surface area contributed by atoms with Gasteiger partial charge in [0.1, 0.15) is 5.54 Å². The molecule has 0 atom stereocenters. The summed E-state index contributed by atoms with van der Waals surface area (Å²) in [6.07, 6.45) is 7.29. The van der Waals surface area contributed by atoms with Crippen molar-refractivity contribution >= 4 is 29.5 Å². The summed E-state index contributed by atoms with van der Waals surface area (Å²) < 4.78 is 2.35. The van der Waals surface area contributed by atoms with Crippen molar-refractivity contribution in [1.29, 1.82) is 0 Å². The van der Waals surface area contributed by atoms with Gasteiger partial charge in [0.05, 0.1) is 4.88 Å². The number of hydrogen-bond donors (Lipinski definition) is 2. The molecule has 0 aromatic carbocycles. The number of carbonyl (C=O) groups excluding carboxylic acids is 1. The lowest BCUT2D eigenvalue weighted by Gasteiger charge is -2.27. The molecule has 5 nitrogen and oxygen atoms in total. The van der Waals surface area contributed by atoms with Crippen molar-refractivity contribution < 1.29 is 4.79 Å². The molecule has 122 valence electrons. The summed E-state index contributed by atoms with van der Waals surface area (Å²) in [4.78, 5) is 13.3. The zero-order valence-corrected chi connectivity index (χ0v) is 14.9. The van der Waals surface area contributed by atoms with E-state index in [4.69, 9.17) is 18.6 Å². The number of nitrogens with one attached hydrogen (secondary N) is 2. The quantitative estimate of drug-likeness (QED) is 0.596. The second-order valence-electron chi connectivity index (χ2n) is 5.21. The molecule has 7 heteroatoms. The topological polar surface area (TPSA) is 62.7 Å². The smallest absolute Gasteiger partial charge is 0.222 e. The number of H-pyrrole nitrogens is 1. The number of aromatic amines is 1. The highest BCUT2D eigenvalue weighted by Gasteiger charge is 2.25. The first-order chi connectivity index (χ1) is 11.0. The number of thiophene rings is 1. The molecule has 0 fully saturated rings. The van der Waals surface area contributed by atoms with Crippen molar-refractivity contribution in [3.05, 3.63) is 22.3 Å². The van der Waals surface area contributed by atoms with Gasteiger partial charge in [0.25, 0.3) is 0 Å². The van der Waals surface area contributed by atoms with E-state index in [1.807, 2.05) is 35.9 Å². The van der Waals surface area contributed by atoms with Crippen molar-refractivity contribution in [2.45, 2.75) is 45.2 Å². The van der Waals surface area contributed by atoms with E-state index >= 15 is 0 Å². The van der Waals surface area contributed by atoms with E-state index < -0.39 is 5.54 Å². The number of terminal acetylenes is 1. The van der Waals surface area contributed by atoms with Crippen LogP contribution in [0.25, 0.3) is 10.7 Å². The van der Waals surface area contributed by atoms with E-state index in [0.29, 0.717) is 30.6 Å². The van der Waals surface area contributed by atoms with Gasteiger partial charge in [-0.05, 0) is 36.5 Å². The molecule has 2 rings (SSSR count). The molecule has 0 unspecified atom stereocenters. The van der Waals surface area contributed by atoms with Gasteiger partial charge in [0, 0.05) is 13.0 Å². The lowest BCUT2D eigenvalue weighted by atomic mass is 9.94. The summed E-state index contributed by atoms with van der Waals surface area (Å²) in [6.45, 7) is 4.41. The zero-order valence-electron chi connectivity index (χ0n) is 13.3. The van der Waals surface area contributed by atoms with Gasteiger partial charge in [-0.1, -0.05) is 25.8 Å². The van der Waals surface area contributed by atoms with Crippen LogP contribution in [0.2, 0.25) is 0 Å². The number of carbonyl (C=O) groups is 1. The van der Waals surface area contributed by atoms with Crippen LogP contribution in [0.5, 0.6) is 0 Å². The number of hydrogen-bond acceptors (Lipinski definition) is 4. The normalized spacial score (nSPS) is 11.2. The molecule has 0 aliphatic rings. The highest BCUT2D eigenvalue weighted by atomic mass is 32.1. The number of aromatic nitrogens is 3. The van der Waals surface area contributed by atoms with Crippen LogP contribution in [0.3, 0.4) is 0 Å². The first-order valence-electron chi connectivity index (χ1n) is 7.53. The molecule has 0 spiro atoms. The number of rotatable bonds is 7. The maximum Gasteiger partial charge on any atom is 0.222 e. The van der Waals surface area contributed by atoms with Gasteiger partial charge in [-0.2, -0.15) is 5.10 Å². The minimum absolute atomic E-state index is 0.0770.